The van der Waals surface area contributed by atoms with Crippen LogP contribution < -0.4 is 5.32 Å². The molecule has 2 rings (SSSR count). The number of carbonyl (C=O) groups is 1. The normalized spacial score (nSPS) is 12.2. The maximum atomic E-state index is 11.8. The van der Waals surface area contributed by atoms with E-state index in [1.165, 1.54) is 0 Å². The second-order valence-electron chi connectivity index (χ2n) is 4.44. The first-order valence-electron chi connectivity index (χ1n) is 6.01. The summed E-state index contributed by atoms with van der Waals surface area (Å²) in [7, 11) is 0. The largest absolute Gasteiger partial charge is 0.394 e. The highest BCUT2D eigenvalue weighted by atomic mass is 16.3. The van der Waals surface area contributed by atoms with Crippen molar-refractivity contribution in [3.8, 4) is 5.69 Å². The van der Waals surface area contributed by atoms with Crippen LogP contribution in [0.25, 0.3) is 5.69 Å². The Hall–Kier alpha value is -2.21. The average Bonchev–Trinajstić information content (AvgIpc) is 2.88. The van der Waals surface area contributed by atoms with E-state index in [2.05, 4.69) is 15.6 Å². The summed E-state index contributed by atoms with van der Waals surface area (Å²) in [5, 5.41) is 19.3. The molecule has 0 aliphatic carbocycles. The molecule has 2 N–H and O–H groups in total. The van der Waals surface area contributed by atoms with Crippen LogP contribution in [0.5, 0.6) is 0 Å². The molecule has 6 nitrogen and oxygen atoms in total. The molecule has 0 spiro atoms. The van der Waals surface area contributed by atoms with Gasteiger partial charge in [-0.1, -0.05) is 17.3 Å². The van der Waals surface area contributed by atoms with E-state index in [-0.39, 0.29) is 24.2 Å². The van der Waals surface area contributed by atoms with Gasteiger partial charge in [0.2, 0.25) is 0 Å². The number of benzene rings is 1. The van der Waals surface area contributed by atoms with E-state index in [0.717, 1.165) is 11.3 Å². The summed E-state index contributed by atoms with van der Waals surface area (Å²) >= 11 is 0. The van der Waals surface area contributed by atoms with Crippen molar-refractivity contribution >= 4 is 5.91 Å². The van der Waals surface area contributed by atoms with Gasteiger partial charge in [0.25, 0.3) is 5.91 Å². The van der Waals surface area contributed by atoms with Gasteiger partial charge in [0.1, 0.15) is 0 Å². The summed E-state index contributed by atoms with van der Waals surface area (Å²) in [6.07, 6.45) is 1.56. The summed E-state index contributed by atoms with van der Waals surface area (Å²) < 4.78 is 1.55. The molecule has 0 aliphatic rings. The number of hydrogen-bond acceptors (Lipinski definition) is 4. The quantitative estimate of drug-likeness (QED) is 0.847. The zero-order valence-electron chi connectivity index (χ0n) is 10.9. The molecule has 0 saturated carbocycles. The molecule has 0 radical (unpaired) electrons. The summed E-state index contributed by atoms with van der Waals surface area (Å²) in [5.41, 5.74) is 2.18. The van der Waals surface area contributed by atoms with Crippen LogP contribution in [0.2, 0.25) is 0 Å². The van der Waals surface area contributed by atoms with Crippen LogP contribution >= 0.6 is 0 Å². The molecule has 0 saturated heterocycles. The Morgan fingerprint density at radius 3 is 3.00 bits per heavy atom. The van der Waals surface area contributed by atoms with Gasteiger partial charge in [0.05, 0.1) is 18.5 Å². The van der Waals surface area contributed by atoms with E-state index >= 15 is 0 Å². The van der Waals surface area contributed by atoms with Crippen LogP contribution in [-0.2, 0) is 0 Å². The number of nitrogens with zero attached hydrogens (tertiary/aromatic N) is 3. The molecule has 6 heteroatoms. The minimum Gasteiger partial charge on any atom is -0.394 e. The van der Waals surface area contributed by atoms with Crippen molar-refractivity contribution in [2.45, 2.75) is 19.9 Å². The number of carbonyl (C=O) groups excluding carboxylic acids is 1. The zero-order valence-corrected chi connectivity index (χ0v) is 10.9. The lowest BCUT2D eigenvalue weighted by Crippen LogP contribution is -2.35. The molecule has 1 heterocycles. The van der Waals surface area contributed by atoms with Gasteiger partial charge in [-0.3, -0.25) is 4.79 Å². The summed E-state index contributed by atoms with van der Waals surface area (Å²) in [6, 6.07) is 7.43. The lowest BCUT2D eigenvalue weighted by atomic mass is 10.2. The van der Waals surface area contributed by atoms with Gasteiger partial charge in [-0.25, -0.2) is 4.68 Å². The zero-order chi connectivity index (χ0) is 13.8. The van der Waals surface area contributed by atoms with Crippen LogP contribution in [0.3, 0.4) is 0 Å². The molecule has 1 atom stereocenters. The Labute approximate surface area is 111 Å². The maximum Gasteiger partial charge on any atom is 0.273 e. The molecule has 0 bridgehead atoms. The second kappa shape index (κ2) is 5.62. The molecule has 100 valence electrons. The fourth-order valence-corrected chi connectivity index (χ4v) is 1.61. The second-order valence-corrected chi connectivity index (χ2v) is 4.44. The highest BCUT2D eigenvalue weighted by Gasteiger charge is 2.13. The van der Waals surface area contributed by atoms with Crippen LogP contribution in [0.4, 0.5) is 0 Å². The number of amides is 1. The van der Waals surface area contributed by atoms with Gasteiger partial charge in [-0.15, -0.1) is 5.10 Å². The van der Waals surface area contributed by atoms with Gasteiger partial charge in [0.15, 0.2) is 5.69 Å². The van der Waals surface area contributed by atoms with Crippen molar-refractivity contribution in [3.05, 3.63) is 41.7 Å². The Morgan fingerprint density at radius 1 is 1.53 bits per heavy atom. The molecular weight excluding hydrogens is 244 g/mol. The SMILES string of the molecule is Cc1cccc(-n2cc(C(=O)NC(C)CO)nn2)c1. The first-order valence-corrected chi connectivity index (χ1v) is 6.01. The van der Waals surface area contributed by atoms with E-state index in [1.54, 1.807) is 17.8 Å². The van der Waals surface area contributed by atoms with E-state index in [1.807, 2.05) is 31.2 Å². The number of aliphatic hydroxyl groups excluding tert-OH is 1. The molecule has 1 amide bonds. The van der Waals surface area contributed by atoms with E-state index in [4.69, 9.17) is 5.11 Å². The Bertz CT molecular complexity index is 580. The summed E-state index contributed by atoms with van der Waals surface area (Å²) in [6.45, 7) is 3.58. The number of hydrogen-bond donors (Lipinski definition) is 2. The number of aryl methyl sites for hydroxylation is 1. The third-order valence-electron chi connectivity index (χ3n) is 2.64. The monoisotopic (exact) mass is 260 g/mol. The fraction of sp³-hybridized carbons (Fsp3) is 0.308. The van der Waals surface area contributed by atoms with Crippen molar-refractivity contribution in [1.82, 2.24) is 20.3 Å². The molecule has 2 aromatic rings. The van der Waals surface area contributed by atoms with Gasteiger partial charge in [-0.2, -0.15) is 0 Å². The molecule has 1 aromatic carbocycles. The fourth-order valence-electron chi connectivity index (χ4n) is 1.61. The van der Waals surface area contributed by atoms with Gasteiger partial charge in [0, 0.05) is 6.04 Å². The summed E-state index contributed by atoms with van der Waals surface area (Å²) in [4.78, 5) is 11.8. The molecule has 0 fully saturated rings. The first kappa shape index (κ1) is 13.2. The van der Waals surface area contributed by atoms with Crippen molar-refractivity contribution in [2.24, 2.45) is 0 Å². The molecule has 0 aliphatic heterocycles. The highest BCUT2D eigenvalue weighted by molar-refractivity contribution is 5.92. The predicted octanol–water partition coefficient (Wildman–Crippen LogP) is 0.686. The van der Waals surface area contributed by atoms with E-state index in [9.17, 15) is 4.79 Å². The standard InChI is InChI=1S/C13H16N4O2/c1-9-4-3-5-11(6-9)17-7-12(15-16-17)13(19)14-10(2)8-18/h3-7,10,18H,8H2,1-2H3,(H,14,19). The third-order valence-corrected chi connectivity index (χ3v) is 2.64. The minimum absolute atomic E-state index is 0.113. The first-order chi connectivity index (χ1) is 9.10. The lowest BCUT2D eigenvalue weighted by Gasteiger charge is -2.08. The van der Waals surface area contributed by atoms with Gasteiger partial charge < -0.3 is 10.4 Å². The smallest absolute Gasteiger partial charge is 0.273 e. The van der Waals surface area contributed by atoms with Crippen LogP contribution in [0.1, 0.15) is 23.0 Å². The van der Waals surface area contributed by atoms with Gasteiger partial charge in [-0.05, 0) is 31.5 Å². The maximum absolute atomic E-state index is 11.8. The highest BCUT2D eigenvalue weighted by Crippen LogP contribution is 2.09. The van der Waals surface area contributed by atoms with Gasteiger partial charge >= 0.3 is 0 Å². The van der Waals surface area contributed by atoms with Crippen molar-refractivity contribution in [1.29, 1.82) is 0 Å². The lowest BCUT2D eigenvalue weighted by molar-refractivity contribution is 0.0917. The number of rotatable bonds is 4. The molecular formula is C13H16N4O2. The van der Waals surface area contributed by atoms with Crippen LogP contribution in [-0.4, -0.2) is 38.7 Å². The number of aromatic nitrogens is 3. The Kier molecular flexibility index (Phi) is 3.91. The average molecular weight is 260 g/mol. The van der Waals surface area contributed by atoms with Crippen LogP contribution in [0.15, 0.2) is 30.5 Å². The summed E-state index contributed by atoms with van der Waals surface area (Å²) in [5.74, 6) is -0.347. The van der Waals surface area contributed by atoms with Crippen LogP contribution in [0, 0.1) is 6.92 Å². The Balaban J connectivity index is 2.17. The van der Waals surface area contributed by atoms with E-state index in [0.29, 0.717) is 0 Å². The third kappa shape index (κ3) is 3.17. The van der Waals surface area contributed by atoms with Crippen molar-refractivity contribution in [2.75, 3.05) is 6.61 Å². The molecule has 19 heavy (non-hydrogen) atoms. The topological polar surface area (TPSA) is 80.0 Å². The number of nitrogens with one attached hydrogen (secondary N) is 1. The van der Waals surface area contributed by atoms with E-state index < -0.39 is 0 Å². The number of aliphatic hydroxyl groups is 1. The molecule has 1 aromatic heterocycles. The minimum atomic E-state index is -0.347. The molecule has 1 unspecified atom stereocenters. The van der Waals surface area contributed by atoms with Crippen molar-refractivity contribution in [3.63, 3.8) is 0 Å². The predicted molar refractivity (Wildman–Crippen MR) is 70.1 cm³/mol. The van der Waals surface area contributed by atoms with Crippen molar-refractivity contribution < 1.29 is 9.90 Å². The Morgan fingerprint density at radius 2 is 2.32 bits per heavy atom.